The zero-order chi connectivity index (χ0) is 26.6. The summed E-state index contributed by atoms with van der Waals surface area (Å²) in [6.45, 7) is 1.17. The van der Waals surface area contributed by atoms with Crippen LogP contribution < -0.4 is 14.2 Å². The number of ether oxygens (including phenoxy) is 3. The Hall–Kier alpha value is -4.47. The van der Waals surface area contributed by atoms with E-state index in [2.05, 4.69) is 4.98 Å². The SMILES string of the molecule is COc1ccc(-c2nc(COc3ccc(OCC(=O)O)c(C)c3)oc2-c2cccc(C(F)(F)F)c2)cc1. The molecule has 37 heavy (non-hydrogen) atoms. The first-order chi connectivity index (χ1) is 17.6. The van der Waals surface area contributed by atoms with Crippen LogP contribution in [-0.4, -0.2) is 29.8 Å². The van der Waals surface area contributed by atoms with E-state index in [1.54, 1.807) is 49.4 Å². The fourth-order valence-corrected chi connectivity index (χ4v) is 3.56. The molecule has 0 bridgehead atoms. The predicted molar refractivity (Wildman–Crippen MR) is 128 cm³/mol. The largest absolute Gasteiger partial charge is 0.497 e. The minimum Gasteiger partial charge on any atom is -0.497 e. The summed E-state index contributed by atoms with van der Waals surface area (Å²) in [5.41, 5.74) is 1.05. The molecule has 0 amide bonds. The molecule has 0 saturated carbocycles. The third kappa shape index (κ3) is 6.21. The van der Waals surface area contributed by atoms with Crippen LogP contribution in [0.1, 0.15) is 17.0 Å². The first-order valence-corrected chi connectivity index (χ1v) is 11.0. The molecule has 4 rings (SSSR count). The van der Waals surface area contributed by atoms with Crippen molar-refractivity contribution in [2.24, 2.45) is 0 Å². The number of hydrogen-bond donors (Lipinski definition) is 1. The van der Waals surface area contributed by atoms with Crippen molar-refractivity contribution < 1.29 is 41.7 Å². The van der Waals surface area contributed by atoms with Gasteiger partial charge >= 0.3 is 12.1 Å². The third-order valence-electron chi connectivity index (χ3n) is 5.35. The van der Waals surface area contributed by atoms with E-state index in [4.69, 9.17) is 23.7 Å². The highest BCUT2D eigenvalue weighted by Crippen LogP contribution is 2.37. The van der Waals surface area contributed by atoms with Gasteiger partial charge < -0.3 is 23.7 Å². The number of carboxylic acid groups (broad SMARTS) is 1. The van der Waals surface area contributed by atoms with E-state index < -0.39 is 24.3 Å². The summed E-state index contributed by atoms with van der Waals surface area (Å²) < 4.78 is 62.1. The van der Waals surface area contributed by atoms with Crippen molar-refractivity contribution in [3.63, 3.8) is 0 Å². The molecule has 3 aromatic carbocycles. The number of methoxy groups -OCH3 is 1. The van der Waals surface area contributed by atoms with Gasteiger partial charge in [-0.1, -0.05) is 12.1 Å². The van der Waals surface area contributed by atoms with Crippen molar-refractivity contribution in [3.8, 4) is 39.8 Å². The molecule has 0 fully saturated rings. The molecule has 1 heterocycles. The lowest BCUT2D eigenvalue weighted by Gasteiger charge is -2.09. The van der Waals surface area contributed by atoms with Gasteiger partial charge in [-0.05, 0) is 67.1 Å². The van der Waals surface area contributed by atoms with Gasteiger partial charge in [0.15, 0.2) is 19.0 Å². The third-order valence-corrected chi connectivity index (χ3v) is 5.35. The molecule has 0 aliphatic carbocycles. The summed E-state index contributed by atoms with van der Waals surface area (Å²) in [7, 11) is 1.53. The molecule has 0 unspecified atom stereocenters. The van der Waals surface area contributed by atoms with Crippen molar-refractivity contribution in [3.05, 3.63) is 83.7 Å². The van der Waals surface area contributed by atoms with E-state index in [0.717, 1.165) is 12.1 Å². The number of benzene rings is 3. The van der Waals surface area contributed by atoms with Gasteiger partial charge in [0.25, 0.3) is 0 Å². The number of aliphatic carboxylic acids is 1. The van der Waals surface area contributed by atoms with Crippen LogP contribution in [0.5, 0.6) is 17.2 Å². The summed E-state index contributed by atoms with van der Waals surface area (Å²) in [5, 5.41) is 8.77. The topological polar surface area (TPSA) is 91.0 Å². The molecule has 4 aromatic rings. The Kier molecular flexibility index (Phi) is 7.37. The minimum atomic E-state index is -4.51. The van der Waals surface area contributed by atoms with E-state index in [-0.39, 0.29) is 23.8 Å². The van der Waals surface area contributed by atoms with Crippen LogP contribution in [0.15, 0.2) is 71.1 Å². The number of halogens is 3. The molecule has 0 aliphatic heterocycles. The molecular weight excluding hydrogens is 491 g/mol. The van der Waals surface area contributed by atoms with Crippen LogP contribution in [-0.2, 0) is 17.6 Å². The maximum Gasteiger partial charge on any atom is 0.416 e. The molecule has 1 N–H and O–H groups in total. The number of alkyl halides is 3. The molecule has 10 heteroatoms. The number of carboxylic acids is 1. The average Bonchev–Trinajstić information content (AvgIpc) is 3.31. The Morgan fingerprint density at radius 2 is 1.70 bits per heavy atom. The number of carbonyl (C=O) groups is 1. The van der Waals surface area contributed by atoms with Gasteiger partial charge in [0.2, 0.25) is 5.89 Å². The fraction of sp³-hybridized carbons (Fsp3) is 0.185. The summed E-state index contributed by atoms with van der Waals surface area (Å²) in [5.74, 6) is 0.700. The number of nitrogens with zero attached hydrogens (tertiary/aromatic N) is 1. The van der Waals surface area contributed by atoms with E-state index in [1.165, 1.54) is 19.2 Å². The summed E-state index contributed by atoms with van der Waals surface area (Å²) in [6.07, 6.45) is -4.51. The van der Waals surface area contributed by atoms with Gasteiger partial charge in [-0.2, -0.15) is 13.2 Å². The first-order valence-electron chi connectivity index (χ1n) is 11.0. The Bertz CT molecular complexity index is 1400. The maximum atomic E-state index is 13.3. The highest BCUT2D eigenvalue weighted by atomic mass is 19.4. The van der Waals surface area contributed by atoms with Gasteiger partial charge in [0.05, 0.1) is 12.7 Å². The van der Waals surface area contributed by atoms with Crippen LogP contribution in [0, 0.1) is 6.92 Å². The average molecular weight is 513 g/mol. The van der Waals surface area contributed by atoms with Crippen LogP contribution >= 0.6 is 0 Å². The number of aromatic nitrogens is 1. The van der Waals surface area contributed by atoms with E-state index in [1.807, 2.05) is 0 Å². The fourth-order valence-electron chi connectivity index (χ4n) is 3.56. The van der Waals surface area contributed by atoms with Gasteiger partial charge in [-0.3, -0.25) is 0 Å². The molecule has 1 aromatic heterocycles. The Balaban J connectivity index is 1.63. The minimum absolute atomic E-state index is 0.100. The second kappa shape index (κ2) is 10.7. The van der Waals surface area contributed by atoms with Crippen LogP contribution in [0.25, 0.3) is 22.6 Å². The lowest BCUT2D eigenvalue weighted by molar-refractivity contribution is -0.139. The molecule has 7 nitrogen and oxygen atoms in total. The normalized spacial score (nSPS) is 11.3. The monoisotopic (exact) mass is 513 g/mol. The lowest BCUT2D eigenvalue weighted by atomic mass is 10.0. The Labute approximate surface area is 210 Å². The van der Waals surface area contributed by atoms with Crippen LogP contribution in [0.3, 0.4) is 0 Å². The summed E-state index contributed by atoms with van der Waals surface area (Å²) in [4.78, 5) is 15.2. The molecule has 0 radical (unpaired) electrons. The predicted octanol–water partition coefficient (Wildman–Crippen LogP) is 6.39. The van der Waals surface area contributed by atoms with Crippen molar-refractivity contribution in [2.45, 2.75) is 19.7 Å². The Morgan fingerprint density at radius 1 is 0.973 bits per heavy atom. The highest BCUT2D eigenvalue weighted by molar-refractivity contribution is 5.77. The highest BCUT2D eigenvalue weighted by Gasteiger charge is 2.31. The van der Waals surface area contributed by atoms with Gasteiger partial charge in [-0.15, -0.1) is 0 Å². The number of hydrogen-bond acceptors (Lipinski definition) is 6. The number of rotatable bonds is 9. The smallest absolute Gasteiger partial charge is 0.416 e. The zero-order valence-corrected chi connectivity index (χ0v) is 19.8. The van der Waals surface area contributed by atoms with Gasteiger partial charge in [0.1, 0.15) is 22.9 Å². The van der Waals surface area contributed by atoms with E-state index in [0.29, 0.717) is 34.1 Å². The Morgan fingerprint density at radius 3 is 2.35 bits per heavy atom. The van der Waals surface area contributed by atoms with Crippen molar-refractivity contribution in [2.75, 3.05) is 13.7 Å². The van der Waals surface area contributed by atoms with Crippen molar-refractivity contribution in [1.82, 2.24) is 4.98 Å². The maximum absolute atomic E-state index is 13.3. The quantitative estimate of drug-likeness (QED) is 0.277. The van der Waals surface area contributed by atoms with Gasteiger partial charge in [0, 0.05) is 11.1 Å². The van der Waals surface area contributed by atoms with E-state index in [9.17, 15) is 18.0 Å². The van der Waals surface area contributed by atoms with Crippen molar-refractivity contribution >= 4 is 5.97 Å². The lowest BCUT2D eigenvalue weighted by Crippen LogP contribution is -2.10. The molecule has 0 aliphatic rings. The molecular formula is C27H22F3NO6. The van der Waals surface area contributed by atoms with Gasteiger partial charge in [-0.25, -0.2) is 9.78 Å². The van der Waals surface area contributed by atoms with E-state index >= 15 is 0 Å². The van der Waals surface area contributed by atoms with Crippen molar-refractivity contribution in [1.29, 1.82) is 0 Å². The second-order valence-electron chi connectivity index (χ2n) is 7.99. The standard InChI is InChI=1S/C27H22F3NO6/c1-16-12-21(10-11-22(16)36-15-24(32)33)35-14-23-31-25(17-6-8-20(34-2)9-7-17)26(37-23)18-4-3-5-19(13-18)27(28,29)30/h3-13H,14-15H2,1-2H3,(H,32,33). The van der Waals surface area contributed by atoms with Crippen LogP contribution in [0.4, 0.5) is 13.2 Å². The molecule has 0 saturated heterocycles. The number of oxazole rings is 1. The second-order valence-corrected chi connectivity index (χ2v) is 7.99. The van der Waals surface area contributed by atoms with Crippen LogP contribution in [0.2, 0.25) is 0 Å². The number of aryl methyl sites for hydroxylation is 1. The molecule has 192 valence electrons. The summed E-state index contributed by atoms with van der Waals surface area (Å²) >= 11 is 0. The molecule has 0 spiro atoms. The zero-order valence-electron chi connectivity index (χ0n) is 19.8. The summed E-state index contributed by atoms with van der Waals surface area (Å²) in [6, 6.07) is 16.6. The molecule has 0 atom stereocenters. The first kappa shape index (κ1) is 25.6.